The summed E-state index contributed by atoms with van der Waals surface area (Å²) < 4.78 is 5.40. The van der Waals surface area contributed by atoms with Crippen LogP contribution in [0.4, 0.5) is 4.79 Å². The number of fused-ring (bicyclic) bond motifs is 3. The predicted molar refractivity (Wildman–Crippen MR) is 117 cm³/mol. The van der Waals surface area contributed by atoms with Gasteiger partial charge in [-0.15, -0.1) is 0 Å². The molecule has 0 bridgehead atoms. The standard InChI is InChI=1S/C23H17Cl2NO5/c24-18-9-12(10-19(25)21(18)27)20(22(28)29)26-23(30)31-11-17-15-7-3-1-5-13(15)14-6-2-4-8-16(14)17/h1-10,17,20,27H,11H2,(H,26,30)(H,28,29)/t20-/m1/s1. The molecule has 0 fully saturated rings. The Kier molecular flexibility index (Phi) is 5.76. The zero-order chi connectivity index (χ0) is 22.1. The van der Waals surface area contributed by atoms with E-state index >= 15 is 0 Å². The number of carboxylic acids is 1. The Hall–Kier alpha value is -3.22. The average molecular weight is 458 g/mol. The summed E-state index contributed by atoms with van der Waals surface area (Å²) >= 11 is 11.8. The molecular formula is C23H17Cl2NO5. The summed E-state index contributed by atoms with van der Waals surface area (Å²) in [5.74, 6) is -1.84. The van der Waals surface area contributed by atoms with Crippen LogP contribution in [-0.2, 0) is 9.53 Å². The van der Waals surface area contributed by atoms with Crippen molar-refractivity contribution in [3.8, 4) is 16.9 Å². The van der Waals surface area contributed by atoms with E-state index in [2.05, 4.69) is 5.32 Å². The Morgan fingerprint density at radius 1 is 0.968 bits per heavy atom. The SMILES string of the molecule is O=C(N[C@@H](C(=O)O)c1cc(Cl)c(O)c(Cl)c1)OCC1c2ccccc2-c2ccccc21. The third kappa shape index (κ3) is 4.04. The highest BCUT2D eigenvalue weighted by atomic mass is 35.5. The van der Waals surface area contributed by atoms with Crippen LogP contribution in [0.5, 0.6) is 5.75 Å². The number of phenolic OH excluding ortho intramolecular Hbond substituents is 1. The molecule has 0 aliphatic heterocycles. The fourth-order valence-corrected chi connectivity index (χ4v) is 4.30. The molecule has 1 atom stereocenters. The van der Waals surface area contributed by atoms with Gasteiger partial charge in [0.15, 0.2) is 11.8 Å². The number of hydrogen-bond donors (Lipinski definition) is 3. The van der Waals surface area contributed by atoms with E-state index in [1.54, 1.807) is 0 Å². The van der Waals surface area contributed by atoms with Gasteiger partial charge in [0.1, 0.15) is 6.61 Å². The van der Waals surface area contributed by atoms with Gasteiger partial charge in [-0.3, -0.25) is 0 Å². The molecule has 8 heteroatoms. The number of rotatable bonds is 5. The van der Waals surface area contributed by atoms with Gasteiger partial charge >= 0.3 is 12.1 Å². The molecule has 3 aromatic carbocycles. The Labute approximate surface area is 188 Å². The van der Waals surface area contributed by atoms with Gasteiger partial charge in [0, 0.05) is 5.92 Å². The number of amides is 1. The average Bonchev–Trinajstić information content (AvgIpc) is 3.07. The molecule has 0 saturated carbocycles. The molecule has 1 aliphatic rings. The van der Waals surface area contributed by atoms with Crippen LogP contribution in [0.3, 0.4) is 0 Å². The normalized spacial score (nSPS) is 13.2. The van der Waals surface area contributed by atoms with Crippen molar-refractivity contribution in [2.75, 3.05) is 6.61 Å². The molecule has 1 amide bonds. The monoisotopic (exact) mass is 457 g/mol. The summed E-state index contributed by atoms with van der Waals surface area (Å²) in [6.45, 7) is 0.0449. The number of aromatic hydroxyl groups is 1. The largest absolute Gasteiger partial charge is 0.505 e. The number of carbonyl (C=O) groups is 2. The smallest absolute Gasteiger partial charge is 0.408 e. The van der Waals surface area contributed by atoms with Crippen molar-refractivity contribution in [1.29, 1.82) is 0 Å². The summed E-state index contributed by atoms with van der Waals surface area (Å²) in [5, 5.41) is 21.3. The van der Waals surface area contributed by atoms with E-state index in [4.69, 9.17) is 27.9 Å². The first-order chi connectivity index (χ1) is 14.9. The Morgan fingerprint density at radius 2 is 1.48 bits per heavy atom. The maximum absolute atomic E-state index is 12.4. The number of hydrogen-bond acceptors (Lipinski definition) is 4. The maximum Gasteiger partial charge on any atom is 0.408 e. The van der Waals surface area contributed by atoms with Crippen LogP contribution in [0, 0.1) is 0 Å². The van der Waals surface area contributed by atoms with E-state index < -0.39 is 18.1 Å². The van der Waals surface area contributed by atoms with Crippen LogP contribution in [-0.4, -0.2) is 28.9 Å². The number of nitrogens with one attached hydrogen (secondary N) is 1. The lowest BCUT2D eigenvalue weighted by atomic mass is 9.98. The highest BCUT2D eigenvalue weighted by molar-refractivity contribution is 6.37. The molecule has 0 unspecified atom stereocenters. The molecule has 0 spiro atoms. The van der Waals surface area contributed by atoms with Gasteiger partial charge in [0.2, 0.25) is 0 Å². The quantitative estimate of drug-likeness (QED) is 0.478. The highest BCUT2D eigenvalue weighted by Crippen LogP contribution is 2.44. The predicted octanol–water partition coefficient (Wildman–Crippen LogP) is 5.36. The molecule has 6 nitrogen and oxygen atoms in total. The zero-order valence-electron chi connectivity index (χ0n) is 16.0. The van der Waals surface area contributed by atoms with Crippen LogP contribution >= 0.6 is 23.2 Å². The van der Waals surface area contributed by atoms with Gasteiger partial charge in [-0.1, -0.05) is 71.7 Å². The van der Waals surface area contributed by atoms with Crippen molar-refractivity contribution >= 4 is 35.3 Å². The summed E-state index contributed by atoms with van der Waals surface area (Å²) in [4.78, 5) is 24.1. The third-order valence-electron chi connectivity index (χ3n) is 5.23. The van der Waals surface area contributed by atoms with Crippen molar-refractivity contribution in [3.63, 3.8) is 0 Å². The Morgan fingerprint density at radius 3 is 2.00 bits per heavy atom. The molecule has 31 heavy (non-hydrogen) atoms. The van der Waals surface area contributed by atoms with E-state index in [1.165, 1.54) is 12.1 Å². The topological polar surface area (TPSA) is 95.9 Å². The minimum Gasteiger partial charge on any atom is -0.505 e. The number of carboxylic acid groups (broad SMARTS) is 1. The number of phenols is 1. The van der Waals surface area contributed by atoms with E-state index in [1.807, 2.05) is 48.5 Å². The first kappa shape index (κ1) is 21.0. The number of halogens is 2. The van der Waals surface area contributed by atoms with Crippen LogP contribution in [0.25, 0.3) is 11.1 Å². The van der Waals surface area contributed by atoms with Gasteiger partial charge in [-0.25, -0.2) is 9.59 Å². The molecule has 3 N–H and O–H groups in total. The number of aliphatic carboxylic acids is 1. The second-order valence-corrected chi connectivity index (χ2v) is 7.89. The number of alkyl carbamates (subject to hydrolysis) is 1. The van der Waals surface area contributed by atoms with Crippen molar-refractivity contribution in [1.82, 2.24) is 5.32 Å². The minimum absolute atomic E-state index is 0.0449. The Bertz CT molecular complexity index is 1110. The molecule has 0 aromatic heterocycles. The zero-order valence-corrected chi connectivity index (χ0v) is 17.5. The first-order valence-electron chi connectivity index (χ1n) is 9.39. The van der Waals surface area contributed by atoms with Crippen molar-refractivity contribution < 1.29 is 24.5 Å². The molecule has 0 radical (unpaired) electrons. The van der Waals surface area contributed by atoms with Crippen LogP contribution in [0.2, 0.25) is 10.0 Å². The van der Waals surface area contributed by atoms with Crippen LogP contribution in [0.1, 0.15) is 28.7 Å². The Balaban J connectivity index is 1.51. The van der Waals surface area contributed by atoms with Crippen LogP contribution in [0.15, 0.2) is 60.7 Å². The second kappa shape index (κ2) is 8.49. The molecular weight excluding hydrogens is 441 g/mol. The molecule has 1 aliphatic carbocycles. The molecule has 0 saturated heterocycles. The van der Waals surface area contributed by atoms with E-state index in [0.717, 1.165) is 22.3 Å². The van der Waals surface area contributed by atoms with Gasteiger partial charge in [0.25, 0.3) is 0 Å². The molecule has 158 valence electrons. The maximum atomic E-state index is 12.4. The summed E-state index contributed by atoms with van der Waals surface area (Å²) in [5.41, 5.74) is 4.37. The number of benzene rings is 3. The van der Waals surface area contributed by atoms with E-state index in [9.17, 15) is 19.8 Å². The van der Waals surface area contributed by atoms with Crippen molar-refractivity contribution in [2.45, 2.75) is 12.0 Å². The molecule has 4 rings (SSSR count). The molecule has 3 aromatic rings. The van der Waals surface area contributed by atoms with Crippen molar-refractivity contribution in [2.24, 2.45) is 0 Å². The second-order valence-electron chi connectivity index (χ2n) is 7.07. The van der Waals surface area contributed by atoms with Gasteiger partial charge in [0.05, 0.1) is 10.0 Å². The van der Waals surface area contributed by atoms with Gasteiger partial charge in [-0.05, 0) is 39.9 Å². The fourth-order valence-electron chi connectivity index (χ4n) is 3.80. The first-order valence-corrected chi connectivity index (χ1v) is 10.1. The van der Waals surface area contributed by atoms with Crippen molar-refractivity contribution in [3.05, 3.63) is 87.4 Å². The van der Waals surface area contributed by atoms with E-state index in [0.29, 0.717) is 0 Å². The number of ether oxygens (including phenoxy) is 1. The summed E-state index contributed by atoms with van der Waals surface area (Å²) in [6.07, 6.45) is -0.894. The molecule has 0 heterocycles. The van der Waals surface area contributed by atoms with Gasteiger partial charge < -0.3 is 20.3 Å². The lowest BCUT2D eigenvalue weighted by Crippen LogP contribution is -2.34. The lowest BCUT2D eigenvalue weighted by molar-refractivity contribution is -0.139. The van der Waals surface area contributed by atoms with Gasteiger partial charge in [-0.2, -0.15) is 0 Å². The summed E-state index contributed by atoms with van der Waals surface area (Å²) in [7, 11) is 0. The minimum atomic E-state index is -1.45. The third-order valence-corrected chi connectivity index (χ3v) is 5.80. The fraction of sp³-hybridized carbons (Fsp3) is 0.130. The van der Waals surface area contributed by atoms with Crippen LogP contribution < -0.4 is 5.32 Å². The van der Waals surface area contributed by atoms with E-state index in [-0.39, 0.29) is 33.9 Å². The summed E-state index contributed by atoms with van der Waals surface area (Å²) in [6, 6.07) is 16.8. The number of carbonyl (C=O) groups excluding carboxylic acids is 1. The highest BCUT2D eigenvalue weighted by Gasteiger charge is 2.30. The lowest BCUT2D eigenvalue weighted by Gasteiger charge is -2.18.